The van der Waals surface area contributed by atoms with Crippen molar-refractivity contribution in [3.05, 3.63) is 33.4 Å². The maximum absolute atomic E-state index is 12.1. The Labute approximate surface area is 122 Å². The smallest absolute Gasteiger partial charge is 0.303 e. The molecular weight excluding hydrogens is 300 g/mol. The molecule has 0 spiro atoms. The molecule has 1 aromatic rings. The van der Waals surface area contributed by atoms with Gasteiger partial charge in [0.05, 0.1) is 9.82 Å². The molecule has 0 radical (unpaired) electrons. The second kappa shape index (κ2) is 6.64. The van der Waals surface area contributed by atoms with Crippen LogP contribution in [0.15, 0.2) is 17.0 Å². The molecule has 0 aliphatic carbocycles. The second-order valence-electron chi connectivity index (χ2n) is 4.56. The number of aliphatic carboxylic acids is 1. The number of sulfonamides is 1. The van der Waals surface area contributed by atoms with E-state index in [1.807, 2.05) is 0 Å². The third kappa shape index (κ3) is 4.50. The number of carbonyl (C=O) groups is 1. The van der Waals surface area contributed by atoms with Crippen LogP contribution in [-0.2, 0) is 14.8 Å². The summed E-state index contributed by atoms with van der Waals surface area (Å²) in [7, 11) is -3.91. The highest BCUT2D eigenvalue weighted by Gasteiger charge is 2.22. The lowest BCUT2D eigenvalue weighted by Gasteiger charge is -2.10. The maximum atomic E-state index is 12.1. The third-order valence-electron chi connectivity index (χ3n) is 2.84. The highest BCUT2D eigenvalue weighted by atomic mass is 32.2. The topological polar surface area (TPSA) is 127 Å². The van der Waals surface area contributed by atoms with Crippen LogP contribution >= 0.6 is 0 Å². The van der Waals surface area contributed by atoms with Crippen LogP contribution in [-0.4, -0.2) is 31.0 Å². The molecule has 0 unspecified atom stereocenters. The number of benzene rings is 1. The summed E-state index contributed by atoms with van der Waals surface area (Å²) in [6, 6.07) is 2.45. The van der Waals surface area contributed by atoms with E-state index in [-0.39, 0.29) is 30.0 Å². The fourth-order valence-corrected chi connectivity index (χ4v) is 3.15. The summed E-state index contributed by atoms with van der Waals surface area (Å²) in [4.78, 5) is 20.4. The number of aryl methyl sites for hydroxylation is 2. The predicted octanol–water partition coefficient (Wildman–Crippen LogP) is 1.35. The van der Waals surface area contributed by atoms with Crippen LogP contribution in [0.4, 0.5) is 5.69 Å². The number of rotatable bonds is 7. The van der Waals surface area contributed by atoms with Crippen molar-refractivity contribution in [1.82, 2.24) is 4.72 Å². The first-order valence-electron chi connectivity index (χ1n) is 6.12. The molecule has 0 atom stereocenters. The molecule has 0 aromatic heterocycles. The van der Waals surface area contributed by atoms with Gasteiger partial charge in [0, 0.05) is 24.6 Å². The Hall–Kier alpha value is -2.00. The number of hydrogen-bond donors (Lipinski definition) is 2. The maximum Gasteiger partial charge on any atom is 0.303 e. The van der Waals surface area contributed by atoms with E-state index in [9.17, 15) is 23.3 Å². The van der Waals surface area contributed by atoms with Gasteiger partial charge in [-0.15, -0.1) is 0 Å². The summed E-state index contributed by atoms with van der Waals surface area (Å²) in [5, 5.41) is 19.4. The molecule has 0 saturated carbocycles. The average molecular weight is 316 g/mol. The second-order valence-corrected chi connectivity index (χ2v) is 6.29. The number of nitro benzene ring substituents is 1. The fraction of sp³-hybridized carbons (Fsp3) is 0.417. The zero-order valence-electron chi connectivity index (χ0n) is 11.6. The van der Waals surface area contributed by atoms with Gasteiger partial charge in [0.25, 0.3) is 5.69 Å². The van der Waals surface area contributed by atoms with Crippen molar-refractivity contribution in [2.24, 2.45) is 0 Å². The first-order chi connectivity index (χ1) is 9.65. The van der Waals surface area contributed by atoms with E-state index in [1.54, 1.807) is 6.92 Å². The molecule has 0 fully saturated rings. The van der Waals surface area contributed by atoms with Crippen LogP contribution in [0.25, 0.3) is 0 Å². The Morgan fingerprint density at radius 3 is 2.48 bits per heavy atom. The Morgan fingerprint density at radius 1 is 1.33 bits per heavy atom. The zero-order valence-corrected chi connectivity index (χ0v) is 12.4. The number of nitrogens with zero attached hydrogens (tertiary/aromatic N) is 1. The minimum atomic E-state index is -3.91. The normalized spacial score (nSPS) is 11.3. The summed E-state index contributed by atoms with van der Waals surface area (Å²) in [6.45, 7) is 3.03. The molecule has 0 amide bonds. The molecule has 1 aromatic carbocycles. The van der Waals surface area contributed by atoms with Crippen molar-refractivity contribution in [2.45, 2.75) is 31.6 Å². The Balaban J connectivity index is 3.00. The van der Waals surface area contributed by atoms with Crippen LogP contribution < -0.4 is 4.72 Å². The molecule has 2 N–H and O–H groups in total. The molecule has 0 heterocycles. The summed E-state index contributed by atoms with van der Waals surface area (Å²) in [5.74, 6) is -1.02. The average Bonchev–Trinajstić information content (AvgIpc) is 2.33. The Morgan fingerprint density at radius 2 is 1.95 bits per heavy atom. The van der Waals surface area contributed by atoms with Crippen molar-refractivity contribution < 1.29 is 23.2 Å². The summed E-state index contributed by atoms with van der Waals surface area (Å²) in [5.41, 5.74) is 0.498. The van der Waals surface area contributed by atoms with E-state index < -0.39 is 20.9 Å². The van der Waals surface area contributed by atoms with Gasteiger partial charge in [0.1, 0.15) is 0 Å². The Kier molecular flexibility index (Phi) is 5.39. The van der Waals surface area contributed by atoms with Gasteiger partial charge in [-0.1, -0.05) is 0 Å². The Bertz CT molecular complexity index is 669. The van der Waals surface area contributed by atoms with Crippen molar-refractivity contribution in [3.63, 3.8) is 0 Å². The van der Waals surface area contributed by atoms with Gasteiger partial charge >= 0.3 is 5.97 Å². The standard InChI is InChI=1S/C12H16N2O6S/c1-8-6-9(2)11(7-10(8)14(17)18)21(19,20)13-5-3-4-12(15)16/h6-7,13H,3-5H2,1-2H3,(H,15,16). The van der Waals surface area contributed by atoms with E-state index in [4.69, 9.17) is 5.11 Å². The largest absolute Gasteiger partial charge is 0.481 e. The lowest BCUT2D eigenvalue weighted by Crippen LogP contribution is -2.26. The number of carboxylic acid groups (broad SMARTS) is 1. The highest BCUT2D eigenvalue weighted by Crippen LogP contribution is 2.25. The van der Waals surface area contributed by atoms with E-state index in [2.05, 4.69) is 4.72 Å². The van der Waals surface area contributed by atoms with Gasteiger partial charge in [0.15, 0.2) is 0 Å². The fourth-order valence-electron chi connectivity index (χ4n) is 1.83. The van der Waals surface area contributed by atoms with Crippen molar-refractivity contribution in [1.29, 1.82) is 0 Å². The van der Waals surface area contributed by atoms with Crippen molar-refractivity contribution in [2.75, 3.05) is 6.54 Å². The van der Waals surface area contributed by atoms with E-state index >= 15 is 0 Å². The van der Waals surface area contributed by atoms with Gasteiger partial charge in [-0.25, -0.2) is 13.1 Å². The minimum absolute atomic E-state index is 0.0459. The number of nitrogens with one attached hydrogen (secondary N) is 1. The molecule has 0 saturated heterocycles. The van der Waals surface area contributed by atoms with E-state index in [0.29, 0.717) is 11.1 Å². The summed E-state index contributed by atoms with van der Waals surface area (Å²) < 4.78 is 26.4. The van der Waals surface area contributed by atoms with Crippen molar-refractivity contribution in [3.8, 4) is 0 Å². The monoisotopic (exact) mass is 316 g/mol. The molecule has 9 heteroatoms. The molecule has 1 rings (SSSR count). The minimum Gasteiger partial charge on any atom is -0.481 e. The molecular formula is C12H16N2O6S. The molecule has 8 nitrogen and oxygen atoms in total. The number of hydrogen-bond acceptors (Lipinski definition) is 5. The molecule has 0 aliphatic heterocycles. The van der Waals surface area contributed by atoms with Gasteiger partial charge in [0.2, 0.25) is 10.0 Å². The van der Waals surface area contributed by atoms with Crippen LogP contribution in [0.1, 0.15) is 24.0 Å². The lowest BCUT2D eigenvalue weighted by molar-refractivity contribution is -0.385. The van der Waals surface area contributed by atoms with Gasteiger partial charge in [-0.3, -0.25) is 14.9 Å². The summed E-state index contributed by atoms with van der Waals surface area (Å²) in [6.07, 6.45) is -0.0168. The highest BCUT2D eigenvalue weighted by molar-refractivity contribution is 7.89. The number of nitro groups is 1. The van der Waals surface area contributed by atoms with Crippen LogP contribution in [0, 0.1) is 24.0 Å². The van der Waals surface area contributed by atoms with E-state index in [0.717, 1.165) is 6.07 Å². The van der Waals surface area contributed by atoms with Gasteiger partial charge in [-0.05, 0) is 31.9 Å². The molecule has 21 heavy (non-hydrogen) atoms. The van der Waals surface area contributed by atoms with Gasteiger partial charge < -0.3 is 5.11 Å². The van der Waals surface area contributed by atoms with Gasteiger partial charge in [-0.2, -0.15) is 0 Å². The first-order valence-corrected chi connectivity index (χ1v) is 7.60. The first kappa shape index (κ1) is 17.1. The van der Waals surface area contributed by atoms with Crippen LogP contribution in [0.5, 0.6) is 0 Å². The summed E-state index contributed by atoms with van der Waals surface area (Å²) >= 11 is 0. The van der Waals surface area contributed by atoms with Crippen molar-refractivity contribution >= 4 is 21.7 Å². The van der Waals surface area contributed by atoms with Crippen LogP contribution in [0.3, 0.4) is 0 Å². The molecule has 116 valence electrons. The predicted molar refractivity (Wildman–Crippen MR) is 74.6 cm³/mol. The lowest BCUT2D eigenvalue weighted by atomic mass is 10.1. The third-order valence-corrected chi connectivity index (χ3v) is 4.44. The quantitative estimate of drug-likeness (QED) is 0.444. The van der Waals surface area contributed by atoms with E-state index in [1.165, 1.54) is 13.0 Å². The zero-order chi connectivity index (χ0) is 16.2. The molecule has 0 aliphatic rings. The SMILES string of the molecule is Cc1cc(C)c(S(=O)(=O)NCCCC(=O)O)cc1[N+](=O)[O-]. The van der Waals surface area contributed by atoms with Crippen LogP contribution in [0.2, 0.25) is 0 Å². The number of carboxylic acids is 1. The molecule has 0 bridgehead atoms.